The van der Waals surface area contributed by atoms with Gasteiger partial charge in [0.2, 0.25) is 5.91 Å². The molecular weight excluding hydrogens is 324 g/mol. The number of carbonyl (C=O) groups excluding carboxylic acids is 2. The van der Waals surface area contributed by atoms with Crippen LogP contribution in [0.2, 0.25) is 0 Å². The summed E-state index contributed by atoms with van der Waals surface area (Å²) in [4.78, 5) is 24.2. The van der Waals surface area contributed by atoms with Crippen molar-refractivity contribution in [3.8, 4) is 17.2 Å². The molecule has 0 aromatic heterocycles. The maximum atomic E-state index is 12.2. The van der Waals surface area contributed by atoms with E-state index in [4.69, 9.17) is 14.2 Å². The molecule has 0 unspecified atom stereocenters. The van der Waals surface area contributed by atoms with Gasteiger partial charge in [-0.3, -0.25) is 20.4 Å². The Morgan fingerprint density at radius 3 is 2.12 bits per heavy atom. The third-order valence-electron chi connectivity index (χ3n) is 3.47. The van der Waals surface area contributed by atoms with E-state index in [1.165, 1.54) is 21.3 Å². The van der Waals surface area contributed by atoms with Crippen LogP contribution in [0.5, 0.6) is 17.2 Å². The second-order valence-electron chi connectivity index (χ2n) is 5.09. The molecule has 2 amide bonds. The average Bonchev–Trinajstić information content (AvgIpc) is 2.65. The van der Waals surface area contributed by atoms with Crippen LogP contribution < -0.4 is 25.1 Å². The van der Waals surface area contributed by atoms with Crippen molar-refractivity contribution >= 4 is 11.8 Å². The van der Waals surface area contributed by atoms with Crippen LogP contribution in [0.4, 0.5) is 0 Å². The Balaban J connectivity index is 1.98. The Hall–Kier alpha value is -3.22. The van der Waals surface area contributed by atoms with Crippen LogP contribution in [0.25, 0.3) is 0 Å². The van der Waals surface area contributed by atoms with Gasteiger partial charge in [0.1, 0.15) is 17.2 Å². The summed E-state index contributed by atoms with van der Waals surface area (Å²) in [5.41, 5.74) is 5.77. The van der Waals surface area contributed by atoms with E-state index >= 15 is 0 Å². The summed E-state index contributed by atoms with van der Waals surface area (Å²) in [6, 6.07) is 11.9. The van der Waals surface area contributed by atoms with Gasteiger partial charge in [-0.05, 0) is 18.2 Å². The fraction of sp³-hybridized carbons (Fsp3) is 0.222. The summed E-state index contributed by atoms with van der Waals surface area (Å²) in [7, 11) is 4.52. The van der Waals surface area contributed by atoms with Crippen LogP contribution in [0, 0.1) is 0 Å². The number of methoxy groups -OCH3 is 3. The number of para-hydroxylation sites is 1. The van der Waals surface area contributed by atoms with Crippen molar-refractivity contribution in [1.29, 1.82) is 0 Å². The molecule has 0 aliphatic rings. The van der Waals surface area contributed by atoms with E-state index in [1.54, 1.807) is 30.3 Å². The lowest BCUT2D eigenvalue weighted by atomic mass is 10.1. The van der Waals surface area contributed by atoms with Crippen LogP contribution in [0.3, 0.4) is 0 Å². The number of nitrogens with one attached hydrogen (secondary N) is 2. The largest absolute Gasteiger partial charge is 0.497 e. The summed E-state index contributed by atoms with van der Waals surface area (Å²) < 4.78 is 15.4. The molecule has 2 aromatic rings. The summed E-state index contributed by atoms with van der Waals surface area (Å²) in [6.07, 6.45) is 0.0751. The maximum absolute atomic E-state index is 12.2. The van der Waals surface area contributed by atoms with Gasteiger partial charge in [0.15, 0.2) is 0 Å². The van der Waals surface area contributed by atoms with E-state index in [2.05, 4.69) is 10.9 Å². The Morgan fingerprint density at radius 2 is 1.52 bits per heavy atom. The zero-order valence-electron chi connectivity index (χ0n) is 14.3. The zero-order chi connectivity index (χ0) is 18.2. The summed E-state index contributed by atoms with van der Waals surface area (Å²) in [5.74, 6) is 0.717. The van der Waals surface area contributed by atoms with E-state index in [1.807, 2.05) is 12.1 Å². The molecule has 25 heavy (non-hydrogen) atoms. The third kappa shape index (κ3) is 4.87. The Bertz CT molecular complexity index is 739. The molecule has 132 valence electrons. The van der Waals surface area contributed by atoms with Crippen LogP contribution >= 0.6 is 0 Å². The number of carbonyl (C=O) groups is 2. The first-order valence-electron chi connectivity index (χ1n) is 7.51. The lowest BCUT2D eigenvalue weighted by Crippen LogP contribution is -2.42. The highest BCUT2D eigenvalue weighted by atomic mass is 16.5. The van der Waals surface area contributed by atoms with Crippen molar-refractivity contribution in [2.24, 2.45) is 0 Å². The van der Waals surface area contributed by atoms with E-state index in [9.17, 15) is 9.59 Å². The van der Waals surface area contributed by atoms with Crippen molar-refractivity contribution in [1.82, 2.24) is 10.9 Å². The molecule has 2 rings (SSSR count). The number of rotatable bonds is 6. The Labute approximate surface area is 145 Å². The smallest absolute Gasteiger partial charge is 0.269 e. The number of ether oxygens (including phenoxy) is 3. The number of hydrazine groups is 1. The van der Waals surface area contributed by atoms with Crippen molar-refractivity contribution in [3.05, 3.63) is 53.6 Å². The van der Waals surface area contributed by atoms with E-state index in [0.717, 1.165) is 5.56 Å². The second-order valence-corrected chi connectivity index (χ2v) is 5.09. The lowest BCUT2D eigenvalue weighted by Gasteiger charge is -2.11. The normalized spacial score (nSPS) is 9.88. The monoisotopic (exact) mass is 344 g/mol. The summed E-state index contributed by atoms with van der Waals surface area (Å²) >= 11 is 0. The van der Waals surface area contributed by atoms with Gasteiger partial charge in [0.05, 0.1) is 27.8 Å². The maximum Gasteiger partial charge on any atom is 0.269 e. The first kappa shape index (κ1) is 18.1. The molecule has 2 aromatic carbocycles. The molecule has 0 saturated carbocycles. The molecular formula is C18H20N2O5. The van der Waals surface area contributed by atoms with E-state index in [0.29, 0.717) is 22.8 Å². The highest BCUT2D eigenvalue weighted by molar-refractivity contribution is 5.96. The predicted octanol–water partition coefficient (Wildman–Crippen LogP) is 1.72. The van der Waals surface area contributed by atoms with Gasteiger partial charge in [-0.2, -0.15) is 0 Å². The average molecular weight is 344 g/mol. The Morgan fingerprint density at radius 1 is 0.880 bits per heavy atom. The molecule has 0 aliphatic heterocycles. The molecule has 0 aliphatic carbocycles. The van der Waals surface area contributed by atoms with Gasteiger partial charge in [0.25, 0.3) is 5.91 Å². The van der Waals surface area contributed by atoms with Crippen molar-refractivity contribution in [2.45, 2.75) is 6.42 Å². The minimum absolute atomic E-state index is 0.0751. The van der Waals surface area contributed by atoms with Gasteiger partial charge in [0, 0.05) is 17.2 Å². The van der Waals surface area contributed by atoms with Gasteiger partial charge >= 0.3 is 0 Å². The highest BCUT2D eigenvalue weighted by Crippen LogP contribution is 2.22. The molecule has 0 heterocycles. The quantitative estimate of drug-likeness (QED) is 0.779. The molecule has 7 nitrogen and oxygen atoms in total. The summed E-state index contributed by atoms with van der Waals surface area (Å²) in [6.45, 7) is 0. The molecule has 0 atom stereocenters. The third-order valence-corrected chi connectivity index (χ3v) is 3.47. The SMILES string of the molecule is COc1cc(OC)cc(C(=O)NNC(=O)Cc2ccccc2OC)c1. The van der Waals surface area contributed by atoms with Crippen molar-refractivity contribution < 1.29 is 23.8 Å². The molecule has 7 heteroatoms. The van der Waals surface area contributed by atoms with Crippen LogP contribution in [-0.2, 0) is 11.2 Å². The minimum atomic E-state index is -0.481. The summed E-state index contributed by atoms with van der Waals surface area (Å²) in [5, 5.41) is 0. The minimum Gasteiger partial charge on any atom is -0.497 e. The fourth-order valence-electron chi connectivity index (χ4n) is 2.20. The van der Waals surface area contributed by atoms with Crippen molar-refractivity contribution in [3.63, 3.8) is 0 Å². The van der Waals surface area contributed by atoms with Gasteiger partial charge in [-0.15, -0.1) is 0 Å². The lowest BCUT2D eigenvalue weighted by molar-refractivity contribution is -0.121. The molecule has 0 radical (unpaired) electrons. The van der Waals surface area contributed by atoms with Crippen LogP contribution in [-0.4, -0.2) is 33.1 Å². The molecule has 0 saturated heterocycles. The fourth-order valence-corrected chi connectivity index (χ4v) is 2.20. The topological polar surface area (TPSA) is 85.9 Å². The first-order chi connectivity index (χ1) is 12.1. The Kier molecular flexibility index (Phi) is 6.22. The first-order valence-corrected chi connectivity index (χ1v) is 7.51. The standard InChI is InChI=1S/C18H20N2O5/c1-23-14-8-13(9-15(11-14)24-2)18(22)20-19-17(21)10-12-6-4-5-7-16(12)25-3/h4-9,11H,10H2,1-3H3,(H,19,21)(H,20,22). The highest BCUT2D eigenvalue weighted by Gasteiger charge is 2.12. The number of amides is 2. The number of hydrogen-bond acceptors (Lipinski definition) is 5. The van der Waals surface area contributed by atoms with Gasteiger partial charge in [-0.25, -0.2) is 0 Å². The van der Waals surface area contributed by atoms with Gasteiger partial charge < -0.3 is 14.2 Å². The van der Waals surface area contributed by atoms with E-state index in [-0.39, 0.29) is 12.3 Å². The zero-order valence-corrected chi connectivity index (χ0v) is 14.3. The predicted molar refractivity (Wildman–Crippen MR) is 91.9 cm³/mol. The second kappa shape index (κ2) is 8.58. The number of hydrogen-bond donors (Lipinski definition) is 2. The van der Waals surface area contributed by atoms with Gasteiger partial charge in [-0.1, -0.05) is 18.2 Å². The molecule has 2 N–H and O–H groups in total. The van der Waals surface area contributed by atoms with Crippen LogP contribution in [0.1, 0.15) is 15.9 Å². The molecule has 0 fully saturated rings. The molecule has 0 bridgehead atoms. The number of benzene rings is 2. The van der Waals surface area contributed by atoms with E-state index < -0.39 is 5.91 Å². The van der Waals surface area contributed by atoms with Crippen molar-refractivity contribution in [2.75, 3.05) is 21.3 Å². The molecule has 0 spiro atoms. The van der Waals surface area contributed by atoms with Crippen LogP contribution in [0.15, 0.2) is 42.5 Å².